The lowest BCUT2D eigenvalue weighted by Crippen LogP contribution is -2.47. The maximum absolute atomic E-state index is 12.9. The van der Waals surface area contributed by atoms with Gasteiger partial charge in [0.15, 0.2) is 5.78 Å². The third kappa shape index (κ3) is 6.77. The van der Waals surface area contributed by atoms with Crippen molar-refractivity contribution < 1.29 is 44.4 Å². The zero-order valence-corrected chi connectivity index (χ0v) is 19.6. The van der Waals surface area contributed by atoms with Crippen LogP contribution in [-0.2, 0) is 24.0 Å². The Morgan fingerprint density at radius 3 is 1.50 bits per heavy atom. The molecule has 0 spiro atoms. The number of carbonyl (C=O) groups is 5. The van der Waals surface area contributed by atoms with E-state index in [9.17, 15) is 39.3 Å². The minimum Gasteiger partial charge on any atom is -0.481 e. The lowest BCUT2D eigenvalue weighted by Gasteiger charge is -2.47. The average molecular weight is 459 g/mol. The van der Waals surface area contributed by atoms with Crippen LogP contribution < -0.4 is 0 Å². The van der Waals surface area contributed by atoms with Crippen LogP contribution in [0.15, 0.2) is 0 Å². The summed E-state index contributed by atoms with van der Waals surface area (Å²) in [6.45, 7) is 7.28. The van der Waals surface area contributed by atoms with E-state index in [1.54, 1.807) is 13.8 Å². The van der Waals surface area contributed by atoms with Crippen molar-refractivity contribution in [2.24, 2.45) is 22.7 Å². The molecule has 0 aliphatic carbocycles. The van der Waals surface area contributed by atoms with Crippen molar-refractivity contribution in [2.75, 3.05) is 0 Å². The molecular weight excluding hydrogens is 420 g/mol. The second kappa shape index (κ2) is 13.2. The molecule has 0 aromatic heterocycles. The van der Waals surface area contributed by atoms with E-state index in [0.717, 1.165) is 0 Å². The van der Waals surface area contributed by atoms with Gasteiger partial charge in [-0.25, -0.2) is 0 Å². The van der Waals surface area contributed by atoms with E-state index in [4.69, 9.17) is 5.11 Å². The van der Waals surface area contributed by atoms with Gasteiger partial charge in [0.05, 0.1) is 5.41 Å². The molecule has 0 aromatic rings. The van der Waals surface area contributed by atoms with Crippen LogP contribution in [-0.4, -0.2) is 50.1 Å². The van der Waals surface area contributed by atoms with Crippen molar-refractivity contribution in [2.45, 2.75) is 91.9 Å². The summed E-state index contributed by atoms with van der Waals surface area (Å²) < 4.78 is 0. The lowest BCUT2D eigenvalue weighted by atomic mass is 9.55. The van der Waals surface area contributed by atoms with Gasteiger partial charge in [-0.3, -0.25) is 24.0 Å². The molecule has 0 amide bonds. The summed E-state index contributed by atoms with van der Waals surface area (Å²) in [6, 6.07) is 0. The predicted octanol–water partition coefficient (Wildman–Crippen LogP) is 4.08. The lowest BCUT2D eigenvalue weighted by molar-refractivity contribution is -0.162. The third-order valence-corrected chi connectivity index (χ3v) is 7.31. The molecule has 0 aliphatic heterocycles. The molecule has 0 heterocycles. The summed E-state index contributed by atoms with van der Waals surface area (Å²) in [5.74, 6) is -8.87. The molecule has 2 atom stereocenters. The predicted molar refractivity (Wildman–Crippen MR) is 116 cm³/mol. The Bertz CT molecular complexity index is 675. The molecule has 0 bridgehead atoms. The maximum atomic E-state index is 12.9. The normalized spacial score (nSPS) is 13.9. The molecular formula is C23H38O9. The fraction of sp³-hybridized carbons (Fsp3) is 0.783. The van der Waals surface area contributed by atoms with E-state index in [-0.39, 0.29) is 38.5 Å². The first-order valence-electron chi connectivity index (χ1n) is 11.3. The van der Waals surface area contributed by atoms with Gasteiger partial charge < -0.3 is 20.4 Å². The largest absolute Gasteiger partial charge is 0.481 e. The highest BCUT2D eigenvalue weighted by Crippen LogP contribution is 2.53. The zero-order chi connectivity index (χ0) is 25.1. The number of Topliss-reactive ketones (excluding diaryl/α,β-unsaturated/α-hetero) is 1. The van der Waals surface area contributed by atoms with Crippen molar-refractivity contribution in [1.29, 1.82) is 0 Å². The number of carboxylic acid groups (broad SMARTS) is 4. The van der Waals surface area contributed by atoms with E-state index in [1.165, 1.54) is 0 Å². The van der Waals surface area contributed by atoms with Crippen LogP contribution in [0.5, 0.6) is 0 Å². The van der Waals surface area contributed by atoms with Gasteiger partial charge in [0.1, 0.15) is 11.8 Å². The van der Waals surface area contributed by atoms with Gasteiger partial charge in [0.25, 0.3) is 0 Å². The van der Waals surface area contributed by atoms with Crippen molar-refractivity contribution in [3.05, 3.63) is 0 Å². The van der Waals surface area contributed by atoms with Gasteiger partial charge in [-0.1, -0.05) is 34.1 Å². The Hall–Kier alpha value is -2.45. The summed E-state index contributed by atoms with van der Waals surface area (Å²) in [6.07, 6.45) is 1.75. The summed E-state index contributed by atoms with van der Waals surface area (Å²) >= 11 is 0. The first-order chi connectivity index (χ1) is 14.9. The standard InChI is InChI=1S/C23H38O9/c1-5-22(6-2,23(7-3,8-4)21(31)32)14-13-16(20(29)30)18(26)15(19(27)28)11-9-10-12-17(24)25/h15-16H,5-14H2,1-4H3,(H,24,25)(H,27,28)(H,29,30)(H,31,32). The highest BCUT2D eigenvalue weighted by Gasteiger charge is 2.52. The topological polar surface area (TPSA) is 166 Å². The van der Waals surface area contributed by atoms with E-state index in [2.05, 4.69) is 0 Å². The molecule has 0 fully saturated rings. The van der Waals surface area contributed by atoms with Crippen molar-refractivity contribution in [1.82, 2.24) is 0 Å². The Kier molecular flexibility index (Phi) is 12.2. The Morgan fingerprint density at radius 2 is 1.16 bits per heavy atom. The minimum atomic E-state index is -1.56. The molecule has 9 heteroatoms. The average Bonchev–Trinajstić information content (AvgIpc) is 2.72. The second-order valence-corrected chi connectivity index (χ2v) is 8.44. The van der Waals surface area contributed by atoms with Crippen LogP contribution in [0.4, 0.5) is 0 Å². The number of unbranched alkanes of at least 4 members (excludes halogenated alkanes) is 1. The minimum absolute atomic E-state index is 0.138. The molecule has 0 aromatic carbocycles. The number of ketones is 1. The summed E-state index contributed by atoms with van der Waals surface area (Å²) in [7, 11) is 0. The molecule has 0 rings (SSSR count). The van der Waals surface area contributed by atoms with Gasteiger partial charge in [0.2, 0.25) is 0 Å². The Balaban J connectivity index is 5.76. The molecule has 0 aliphatic rings. The van der Waals surface area contributed by atoms with Gasteiger partial charge in [-0.15, -0.1) is 0 Å². The molecule has 32 heavy (non-hydrogen) atoms. The van der Waals surface area contributed by atoms with Crippen LogP contribution in [0.25, 0.3) is 0 Å². The maximum Gasteiger partial charge on any atom is 0.314 e. The number of rotatable bonds is 18. The molecule has 4 N–H and O–H groups in total. The van der Waals surface area contributed by atoms with E-state index in [0.29, 0.717) is 25.7 Å². The summed E-state index contributed by atoms with van der Waals surface area (Å²) in [4.78, 5) is 59.3. The van der Waals surface area contributed by atoms with Crippen LogP contribution in [0.2, 0.25) is 0 Å². The number of hydrogen-bond acceptors (Lipinski definition) is 5. The second-order valence-electron chi connectivity index (χ2n) is 8.44. The van der Waals surface area contributed by atoms with E-state index >= 15 is 0 Å². The van der Waals surface area contributed by atoms with Gasteiger partial charge >= 0.3 is 23.9 Å². The highest BCUT2D eigenvalue weighted by atomic mass is 16.4. The van der Waals surface area contributed by atoms with Crippen molar-refractivity contribution >= 4 is 29.7 Å². The molecule has 2 unspecified atom stereocenters. The third-order valence-electron chi connectivity index (χ3n) is 7.31. The first kappa shape index (κ1) is 29.5. The van der Waals surface area contributed by atoms with E-state index in [1.807, 2.05) is 13.8 Å². The fourth-order valence-corrected chi connectivity index (χ4v) is 5.11. The molecule has 0 radical (unpaired) electrons. The quantitative estimate of drug-likeness (QED) is 0.175. The molecule has 0 saturated carbocycles. The van der Waals surface area contributed by atoms with Crippen LogP contribution >= 0.6 is 0 Å². The van der Waals surface area contributed by atoms with Gasteiger partial charge in [-0.2, -0.15) is 0 Å². The summed E-state index contributed by atoms with van der Waals surface area (Å²) in [5, 5.41) is 37.9. The van der Waals surface area contributed by atoms with Crippen LogP contribution in [0.3, 0.4) is 0 Å². The first-order valence-corrected chi connectivity index (χ1v) is 11.3. The number of aliphatic carboxylic acids is 4. The van der Waals surface area contributed by atoms with Gasteiger partial charge in [-0.05, 0) is 56.8 Å². The molecule has 0 saturated heterocycles. The van der Waals surface area contributed by atoms with Crippen LogP contribution in [0, 0.1) is 22.7 Å². The smallest absolute Gasteiger partial charge is 0.314 e. The van der Waals surface area contributed by atoms with Crippen molar-refractivity contribution in [3.8, 4) is 0 Å². The number of carboxylic acids is 4. The Morgan fingerprint density at radius 1 is 0.688 bits per heavy atom. The highest BCUT2D eigenvalue weighted by molar-refractivity contribution is 6.07. The molecule has 184 valence electrons. The number of carbonyl (C=O) groups excluding carboxylic acids is 1. The zero-order valence-electron chi connectivity index (χ0n) is 19.6. The molecule has 9 nitrogen and oxygen atoms in total. The monoisotopic (exact) mass is 458 g/mol. The van der Waals surface area contributed by atoms with Gasteiger partial charge in [0, 0.05) is 6.42 Å². The summed E-state index contributed by atoms with van der Waals surface area (Å²) in [5.41, 5.74) is -1.82. The fourth-order valence-electron chi connectivity index (χ4n) is 5.11. The van der Waals surface area contributed by atoms with Crippen LogP contribution in [0.1, 0.15) is 91.9 Å². The van der Waals surface area contributed by atoms with Crippen molar-refractivity contribution in [3.63, 3.8) is 0 Å². The SMILES string of the molecule is CCC(CC)(CCC(C(=O)O)C(=O)C(CCCCC(=O)O)C(=O)O)C(CC)(CC)C(=O)O. The number of hydrogen-bond donors (Lipinski definition) is 4. The Labute approximate surface area is 189 Å². The van der Waals surface area contributed by atoms with E-state index < -0.39 is 52.3 Å².